The van der Waals surface area contributed by atoms with E-state index in [0.717, 1.165) is 0 Å². The zero-order chi connectivity index (χ0) is 12.8. The molecule has 4 nitrogen and oxygen atoms in total. The Hall–Kier alpha value is -1.33. The number of amides is 1. The molecule has 6 heteroatoms. The third-order valence-electron chi connectivity index (χ3n) is 2.34. The first kappa shape index (κ1) is 16.7. The predicted octanol–water partition coefficient (Wildman–Crippen LogP) is 1.26. The van der Waals surface area contributed by atoms with Gasteiger partial charge < -0.3 is 15.8 Å². The second-order valence-corrected chi connectivity index (χ2v) is 3.85. The van der Waals surface area contributed by atoms with Gasteiger partial charge in [-0.3, -0.25) is 4.79 Å². The van der Waals surface area contributed by atoms with Crippen LogP contribution in [-0.2, 0) is 11.2 Å². The summed E-state index contributed by atoms with van der Waals surface area (Å²) < 4.78 is 18.1. The highest BCUT2D eigenvalue weighted by Gasteiger charge is 2.09. The van der Waals surface area contributed by atoms with Gasteiger partial charge in [-0.25, -0.2) is 4.39 Å². The van der Waals surface area contributed by atoms with Crippen molar-refractivity contribution in [1.82, 2.24) is 5.32 Å². The molecule has 0 radical (unpaired) electrons. The van der Waals surface area contributed by atoms with Crippen LogP contribution in [0.5, 0.6) is 5.75 Å². The molecule has 102 valence electrons. The minimum Gasteiger partial charge on any atom is -0.494 e. The van der Waals surface area contributed by atoms with E-state index in [9.17, 15) is 9.18 Å². The van der Waals surface area contributed by atoms with Crippen molar-refractivity contribution < 1.29 is 13.9 Å². The molecule has 0 aliphatic rings. The second kappa shape index (κ2) is 7.89. The lowest BCUT2D eigenvalue weighted by Gasteiger charge is -2.11. The van der Waals surface area contributed by atoms with Gasteiger partial charge in [-0.15, -0.1) is 12.4 Å². The maximum Gasteiger partial charge on any atom is 0.224 e. The van der Waals surface area contributed by atoms with Crippen LogP contribution in [0.15, 0.2) is 18.2 Å². The monoisotopic (exact) mass is 276 g/mol. The summed E-state index contributed by atoms with van der Waals surface area (Å²) in [6.07, 6.45) is 0.130. The van der Waals surface area contributed by atoms with Crippen LogP contribution in [0.2, 0.25) is 0 Å². The first-order chi connectivity index (χ1) is 8.06. The molecule has 0 saturated heterocycles. The Morgan fingerprint density at radius 1 is 1.56 bits per heavy atom. The normalized spacial score (nSPS) is 11.3. The van der Waals surface area contributed by atoms with E-state index in [-0.39, 0.29) is 36.5 Å². The van der Waals surface area contributed by atoms with Crippen LogP contribution in [0.3, 0.4) is 0 Å². The molecule has 0 aromatic heterocycles. The molecule has 3 N–H and O–H groups in total. The maximum atomic E-state index is 13.4. The molecule has 0 heterocycles. The Labute approximate surface area is 112 Å². The number of rotatable bonds is 5. The predicted molar refractivity (Wildman–Crippen MR) is 70.6 cm³/mol. The van der Waals surface area contributed by atoms with Gasteiger partial charge in [-0.05, 0) is 24.6 Å². The molecule has 0 unspecified atom stereocenters. The first-order valence-corrected chi connectivity index (χ1v) is 5.38. The Morgan fingerprint density at radius 3 is 2.72 bits per heavy atom. The summed E-state index contributed by atoms with van der Waals surface area (Å²) >= 11 is 0. The average molecular weight is 277 g/mol. The molecule has 1 aromatic rings. The van der Waals surface area contributed by atoms with Crippen LogP contribution in [-0.4, -0.2) is 25.6 Å². The number of nitrogens with one attached hydrogen (secondary N) is 1. The lowest BCUT2D eigenvalue weighted by Crippen LogP contribution is -2.38. The third-order valence-corrected chi connectivity index (χ3v) is 2.34. The van der Waals surface area contributed by atoms with E-state index in [4.69, 9.17) is 10.5 Å². The van der Waals surface area contributed by atoms with Crippen molar-refractivity contribution >= 4 is 18.3 Å². The van der Waals surface area contributed by atoms with Crippen LogP contribution in [0.1, 0.15) is 12.5 Å². The van der Waals surface area contributed by atoms with Gasteiger partial charge in [0.1, 0.15) is 0 Å². The van der Waals surface area contributed by atoms with Crippen molar-refractivity contribution in [3.8, 4) is 5.75 Å². The number of methoxy groups -OCH3 is 1. The molecule has 1 rings (SSSR count). The SMILES string of the molecule is COc1ccc(CC(=O)N[C@@H](C)CN)cc1F.Cl. The summed E-state index contributed by atoms with van der Waals surface area (Å²) in [5.41, 5.74) is 5.99. The van der Waals surface area contributed by atoms with Crippen LogP contribution in [0.4, 0.5) is 4.39 Å². The Bertz CT molecular complexity index is 402. The molecule has 0 fully saturated rings. The van der Waals surface area contributed by atoms with Gasteiger partial charge in [-0.1, -0.05) is 6.07 Å². The quantitative estimate of drug-likeness (QED) is 0.851. The smallest absolute Gasteiger partial charge is 0.224 e. The lowest BCUT2D eigenvalue weighted by atomic mass is 10.1. The summed E-state index contributed by atoms with van der Waals surface area (Å²) in [5, 5.41) is 2.71. The van der Waals surface area contributed by atoms with Gasteiger partial charge in [0.2, 0.25) is 5.91 Å². The van der Waals surface area contributed by atoms with E-state index in [1.165, 1.54) is 19.2 Å². The van der Waals surface area contributed by atoms with E-state index >= 15 is 0 Å². The van der Waals surface area contributed by atoms with Crippen LogP contribution in [0.25, 0.3) is 0 Å². The minimum atomic E-state index is -0.468. The van der Waals surface area contributed by atoms with Crippen molar-refractivity contribution in [3.63, 3.8) is 0 Å². The fourth-order valence-electron chi connectivity index (χ4n) is 1.39. The fourth-order valence-corrected chi connectivity index (χ4v) is 1.39. The molecular formula is C12H18ClFN2O2. The molecule has 18 heavy (non-hydrogen) atoms. The summed E-state index contributed by atoms with van der Waals surface area (Å²) in [4.78, 5) is 11.5. The van der Waals surface area contributed by atoms with Gasteiger partial charge in [-0.2, -0.15) is 0 Å². The van der Waals surface area contributed by atoms with Gasteiger partial charge in [0, 0.05) is 12.6 Å². The van der Waals surface area contributed by atoms with E-state index < -0.39 is 5.82 Å². The number of carbonyl (C=O) groups excluding carboxylic acids is 1. The Kier molecular flexibility index (Phi) is 7.31. The van der Waals surface area contributed by atoms with E-state index in [2.05, 4.69) is 5.32 Å². The highest BCUT2D eigenvalue weighted by Crippen LogP contribution is 2.17. The fraction of sp³-hybridized carbons (Fsp3) is 0.417. The number of ether oxygens (including phenoxy) is 1. The van der Waals surface area contributed by atoms with Crippen molar-refractivity contribution in [1.29, 1.82) is 0 Å². The number of halogens is 2. The Balaban J connectivity index is 0.00000289. The van der Waals surface area contributed by atoms with E-state index in [0.29, 0.717) is 12.1 Å². The molecule has 1 atom stereocenters. The van der Waals surface area contributed by atoms with Crippen molar-refractivity contribution in [2.45, 2.75) is 19.4 Å². The number of carbonyl (C=O) groups is 1. The van der Waals surface area contributed by atoms with Crippen molar-refractivity contribution in [3.05, 3.63) is 29.6 Å². The summed E-state index contributed by atoms with van der Waals surface area (Å²) in [6, 6.07) is 4.38. The third kappa shape index (κ3) is 4.89. The van der Waals surface area contributed by atoms with Crippen LogP contribution in [0, 0.1) is 5.82 Å². The summed E-state index contributed by atoms with van der Waals surface area (Å²) in [6.45, 7) is 2.19. The van der Waals surface area contributed by atoms with Gasteiger partial charge >= 0.3 is 0 Å². The lowest BCUT2D eigenvalue weighted by molar-refractivity contribution is -0.120. The molecular weight excluding hydrogens is 259 g/mol. The summed E-state index contributed by atoms with van der Waals surface area (Å²) in [7, 11) is 1.40. The molecule has 0 spiro atoms. The zero-order valence-corrected chi connectivity index (χ0v) is 11.2. The van der Waals surface area contributed by atoms with Gasteiger partial charge in [0.15, 0.2) is 11.6 Å². The highest BCUT2D eigenvalue weighted by atomic mass is 35.5. The average Bonchev–Trinajstić information content (AvgIpc) is 2.29. The van der Waals surface area contributed by atoms with Gasteiger partial charge in [0.05, 0.1) is 13.5 Å². The molecule has 0 aliphatic heterocycles. The Morgan fingerprint density at radius 2 is 2.22 bits per heavy atom. The van der Waals surface area contributed by atoms with Crippen molar-refractivity contribution in [2.75, 3.05) is 13.7 Å². The second-order valence-electron chi connectivity index (χ2n) is 3.85. The number of hydrogen-bond acceptors (Lipinski definition) is 3. The van der Waals surface area contributed by atoms with Crippen molar-refractivity contribution in [2.24, 2.45) is 5.73 Å². The zero-order valence-electron chi connectivity index (χ0n) is 10.4. The molecule has 0 saturated carbocycles. The number of hydrogen-bond donors (Lipinski definition) is 2. The molecule has 1 amide bonds. The number of nitrogens with two attached hydrogens (primary N) is 1. The summed E-state index contributed by atoms with van der Waals surface area (Å²) in [5.74, 6) is -0.471. The maximum absolute atomic E-state index is 13.4. The van der Waals surface area contributed by atoms with E-state index in [1.807, 2.05) is 6.92 Å². The van der Waals surface area contributed by atoms with E-state index in [1.54, 1.807) is 6.07 Å². The van der Waals surface area contributed by atoms with Crippen LogP contribution < -0.4 is 15.8 Å². The largest absolute Gasteiger partial charge is 0.494 e. The highest BCUT2D eigenvalue weighted by molar-refractivity contribution is 5.85. The minimum absolute atomic E-state index is 0. The molecule has 0 bridgehead atoms. The first-order valence-electron chi connectivity index (χ1n) is 5.38. The standard InChI is InChI=1S/C12H17FN2O2.ClH/c1-8(7-14)15-12(16)6-9-3-4-11(17-2)10(13)5-9;/h3-5,8H,6-7,14H2,1-2H3,(H,15,16);1H/t8-;/m0./s1. The topological polar surface area (TPSA) is 64.3 Å². The van der Waals surface area contributed by atoms with Crippen LogP contribution >= 0.6 is 12.4 Å². The molecule has 0 aliphatic carbocycles. The molecule has 1 aromatic carbocycles. The van der Waals surface area contributed by atoms with Gasteiger partial charge in [0.25, 0.3) is 0 Å². The number of benzene rings is 1.